The molecule has 1 rings (SSSR count). The average molecular weight is 288 g/mol. The summed E-state index contributed by atoms with van der Waals surface area (Å²) in [5, 5.41) is 10.3. The molecule has 1 N–H and O–H groups in total. The van der Waals surface area contributed by atoms with Crippen LogP contribution in [0.2, 0.25) is 0 Å². The summed E-state index contributed by atoms with van der Waals surface area (Å²) >= 11 is 0. The summed E-state index contributed by atoms with van der Waals surface area (Å²) in [6, 6.07) is 0. The highest BCUT2D eigenvalue weighted by Gasteiger charge is 2.38. The molecule has 0 bridgehead atoms. The van der Waals surface area contributed by atoms with Crippen molar-refractivity contribution in [1.29, 1.82) is 0 Å². The monoisotopic (exact) mass is 288 g/mol. The van der Waals surface area contributed by atoms with Crippen LogP contribution < -0.4 is 0 Å². The van der Waals surface area contributed by atoms with Crippen LogP contribution in [0.3, 0.4) is 0 Å². The van der Waals surface area contributed by atoms with E-state index in [1.54, 1.807) is 0 Å². The Morgan fingerprint density at radius 3 is 2.35 bits per heavy atom. The fraction of sp³-hybridized carbons (Fsp3) is 1.00. The minimum Gasteiger partial charge on any atom is -0.390 e. The molecule has 0 amide bonds. The molecule has 0 aliphatic carbocycles. The highest BCUT2D eigenvalue weighted by molar-refractivity contribution is 4.81. The average Bonchev–Trinajstić information content (AvgIpc) is 2.66. The second-order valence-corrected chi connectivity index (χ2v) is 7.73. The molecule has 4 atom stereocenters. The molecule has 0 aromatic carbocycles. The number of hydrogen-bond acceptors (Lipinski definition) is 4. The van der Waals surface area contributed by atoms with Crippen molar-refractivity contribution >= 4 is 0 Å². The number of aliphatic hydroxyl groups excluding tert-OH is 1. The van der Waals surface area contributed by atoms with Crippen molar-refractivity contribution < 1.29 is 19.3 Å². The number of aliphatic hydroxyl groups is 1. The van der Waals surface area contributed by atoms with E-state index in [1.165, 1.54) is 0 Å². The molecule has 1 fully saturated rings. The lowest BCUT2D eigenvalue weighted by atomic mass is 9.87. The van der Waals surface area contributed by atoms with E-state index < -0.39 is 11.9 Å². The van der Waals surface area contributed by atoms with Gasteiger partial charge in [-0.2, -0.15) is 0 Å². The van der Waals surface area contributed by atoms with Gasteiger partial charge in [-0.25, -0.2) is 0 Å². The molecule has 2 unspecified atom stereocenters. The summed E-state index contributed by atoms with van der Waals surface area (Å²) in [7, 11) is 0. The van der Waals surface area contributed by atoms with Gasteiger partial charge in [0.2, 0.25) is 0 Å². The van der Waals surface area contributed by atoms with Crippen LogP contribution in [0, 0.1) is 17.3 Å². The van der Waals surface area contributed by atoms with E-state index >= 15 is 0 Å². The summed E-state index contributed by atoms with van der Waals surface area (Å²) in [5.41, 5.74) is 0.126. The molecule has 0 aromatic heterocycles. The van der Waals surface area contributed by atoms with Crippen molar-refractivity contribution in [3.8, 4) is 0 Å². The van der Waals surface area contributed by atoms with E-state index in [0.717, 1.165) is 0 Å². The highest BCUT2D eigenvalue weighted by Crippen LogP contribution is 2.31. The molecule has 0 aromatic rings. The summed E-state index contributed by atoms with van der Waals surface area (Å²) in [4.78, 5) is 0. The summed E-state index contributed by atoms with van der Waals surface area (Å²) in [6.07, 6.45) is -0.433. The zero-order valence-electron chi connectivity index (χ0n) is 14.1. The normalized spacial score (nSPS) is 27.3. The third-order valence-corrected chi connectivity index (χ3v) is 3.88. The van der Waals surface area contributed by atoms with Gasteiger partial charge in [0, 0.05) is 0 Å². The lowest BCUT2D eigenvalue weighted by Gasteiger charge is -2.30. The summed E-state index contributed by atoms with van der Waals surface area (Å²) in [5.74, 6) is -0.172. The zero-order chi connectivity index (χ0) is 15.6. The van der Waals surface area contributed by atoms with Crippen LogP contribution in [0.15, 0.2) is 0 Å². The Kier molecular flexibility index (Phi) is 6.02. The van der Waals surface area contributed by atoms with Crippen molar-refractivity contribution in [3.63, 3.8) is 0 Å². The first-order chi connectivity index (χ1) is 9.02. The summed E-state index contributed by atoms with van der Waals surface area (Å²) in [6.45, 7) is 16.0. The van der Waals surface area contributed by atoms with Gasteiger partial charge in [-0.05, 0) is 31.1 Å². The Labute approximate surface area is 123 Å². The van der Waals surface area contributed by atoms with E-state index in [0.29, 0.717) is 19.8 Å². The fourth-order valence-electron chi connectivity index (χ4n) is 2.30. The molecular formula is C16H32O4. The topological polar surface area (TPSA) is 47.9 Å². The van der Waals surface area contributed by atoms with Crippen molar-refractivity contribution in [2.75, 3.05) is 19.8 Å². The lowest BCUT2D eigenvalue weighted by Crippen LogP contribution is -2.36. The molecular weight excluding hydrogens is 256 g/mol. The molecule has 1 aliphatic heterocycles. The van der Waals surface area contributed by atoms with Gasteiger partial charge < -0.3 is 19.3 Å². The first-order valence-electron chi connectivity index (χ1n) is 7.59. The van der Waals surface area contributed by atoms with E-state index in [2.05, 4.69) is 27.7 Å². The molecule has 20 heavy (non-hydrogen) atoms. The molecule has 120 valence electrons. The number of hydrogen-bond donors (Lipinski definition) is 1. The van der Waals surface area contributed by atoms with Crippen molar-refractivity contribution in [2.45, 2.75) is 66.5 Å². The Hall–Kier alpha value is -0.160. The molecule has 4 heteroatoms. The highest BCUT2D eigenvalue weighted by atomic mass is 16.7. The molecule has 4 nitrogen and oxygen atoms in total. The first-order valence-corrected chi connectivity index (χ1v) is 7.59. The summed E-state index contributed by atoms with van der Waals surface area (Å²) < 4.78 is 17.1. The van der Waals surface area contributed by atoms with E-state index in [4.69, 9.17) is 14.2 Å². The molecule has 0 saturated carbocycles. The van der Waals surface area contributed by atoms with Gasteiger partial charge in [0.15, 0.2) is 5.79 Å². The minimum absolute atomic E-state index is 0.0391. The fourth-order valence-corrected chi connectivity index (χ4v) is 2.30. The molecule has 0 radical (unpaired) electrons. The molecule has 1 heterocycles. The van der Waals surface area contributed by atoms with Gasteiger partial charge in [-0.15, -0.1) is 0 Å². The Balaban J connectivity index is 2.38. The standard InChI is InChI=1S/C16H32O4/c1-11(13(17)8-18-10-15(3,4)5)12(2)14-9-19-16(6,7)20-14/h11-14,17H,8-10H2,1-7H3/t11-,12-,13?,14?/m0/s1. The predicted molar refractivity (Wildman–Crippen MR) is 79.5 cm³/mol. The smallest absolute Gasteiger partial charge is 0.163 e. The van der Waals surface area contributed by atoms with E-state index in [1.807, 2.05) is 20.8 Å². The van der Waals surface area contributed by atoms with Crippen LogP contribution >= 0.6 is 0 Å². The van der Waals surface area contributed by atoms with Crippen LogP contribution in [-0.4, -0.2) is 42.9 Å². The van der Waals surface area contributed by atoms with Gasteiger partial charge >= 0.3 is 0 Å². The number of rotatable bonds is 6. The molecule has 1 aliphatic rings. The van der Waals surface area contributed by atoms with Gasteiger partial charge in [0.25, 0.3) is 0 Å². The van der Waals surface area contributed by atoms with Crippen molar-refractivity contribution in [3.05, 3.63) is 0 Å². The third-order valence-electron chi connectivity index (χ3n) is 3.88. The third kappa shape index (κ3) is 5.68. The van der Waals surface area contributed by atoms with E-state index in [9.17, 15) is 5.11 Å². The van der Waals surface area contributed by atoms with Crippen molar-refractivity contribution in [1.82, 2.24) is 0 Å². The second-order valence-electron chi connectivity index (χ2n) is 7.73. The van der Waals surface area contributed by atoms with Crippen LogP contribution in [0.4, 0.5) is 0 Å². The minimum atomic E-state index is -0.508. The van der Waals surface area contributed by atoms with Gasteiger partial charge in [0.1, 0.15) is 0 Å². The van der Waals surface area contributed by atoms with Crippen LogP contribution in [0.5, 0.6) is 0 Å². The van der Waals surface area contributed by atoms with Gasteiger partial charge in [-0.3, -0.25) is 0 Å². The Bertz CT molecular complexity index is 295. The first kappa shape index (κ1) is 17.9. The molecule has 0 spiro atoms. The number of ether oxygens (including phenoxy) is 3. The maximum atomic E-state index is 10.3. The van der Waals surface area contributed by atoms with Crippen LogP contribution in [-0.2, 0) is 14.2 Å². The maximum Gasteiger partial charge on any atom is 0.163 e. The zero-order valence-corrected chi connectivity index (χ0v) is 14.1. The second kappa shape index (κ2) is 6.73. The maximum absolute atomic E-state index is 10.3. The largest absolute Gasteiger partial charge is 0.390 e. The van der Waals surface area contributed by atoms with Gasteiger partial charge in [0.05, 0.1) is 32.0 Å². The predicted octanol–water partition coefficient (Wildman–Crippen LogP) is 2.83. The van der Waals surface area contributed by atoms with Crippen molar-refractivity contribution in [2.24, 2.45) is 17.3 Å². The van der Waals surface area contributed by atoms with Crippen LogP contribution in [0.25, 0.3) is 0 Å². The van der Waals surface area contributed by atoms with Crippen LogP contribution in [0.1, 0.15) is 48.5 Å². The Morgan fingerprint density at radius 1 is 1.30 bits per heavy atom. The quantitative estimate of drug-likeness (QED) is 0.816. The Morgan fingerprint density at radius 2 is 1.90 bits per heavy atom. The lowest BCUT2D eigenvalue weighted by molar-refractivity contribution is -0.149. The SMILES string of the molecule is C[C@H](C(O)COCC(C)(C)C)[C@H](C)C1COC(C)(C)O1. The van der Waals surface area contributed by atoms with Gasteiger partial charge in [-0.1, -0.05) is 34.6 Å². The van der Waals surface area contributed by atoms with E-state index in [-0.39, 0.29) is 23.4 Å². The molecule has 1 saturated heterocycles.